The SMILES string of the molecule is CCC(N)Cc1nc(C)c(-c2ccccc2F)s1. The zero-order valence-corrected chi connectivity index (χ0v) is 11.4. The van der Waals surface area contributed by atoms with Crippen LogP contribution in [0, 0.1) is 12.7 Å². The van der Waals surface area contributed by atoms with Gasteiger partial charge in [0, 0.05) is 18.0 Å². The van der Waals surface area contributed by atoms with E-state index in [2.05, 4.69) is 11.9 Å². The second-order valence-electron chi connectivity index (χ2n) is 4.37. The van der Waals surface area contributed by atoms with Crippen molar-refractivity contribution < 1.29 is 4.39 Å². The lowest BCUT2D eigenvalue weighted by Gasteiger charge is -2.04. The molecule has 1 unspecified atom stereocenters. The van der Waals surface area contributed by atoms with Crippen molar-refractivity contribution in [1.82, 2.24) is 4.98 Å². The first-order chi connectivity index (χ1) is 8.61. The predicted molar refractivity (Wildman–Crippen MR) is 74.2 cm³/mol. The quantitative estimate of drug-likeness (QED) is 0.917. The number of rotatable bonds is 4. The maximum atomic E-state index is 13.7. The van der Waals surface area contributed by atoms with Gasteiger partial charge < -0.3 is 5.73 Å². The van der Waals surface area contributed by atoms with Crippen molar-refractivity contribution in [3.63, 3.8) is 0 Å². The van der Waals surface area contributed by atoms with E-state index in [0.29, 0.717) is 5.56 Å². The molecule has 2 rings (SSSR count). The molecular formula is C14H17FN2S. The van der Waals surface area contributed by atoms with Gasteiger partial charge in [0.2, 0.25) is 0 Å². The third-order valence-electron chi connectivity index (χ3n) is 2.92. The molecule has 0 aliphatic rings. The highest BCUT2D eigenvalue weighted by Gasteiger charge is 2.14. The summed E-state index contributed by atoms with van der Waals surface area (Å²) >= 11 is 1.54. The summed E-state index contributed by atoms with van der Waals surface area (Å²) in [7, 11) is 0. The average Bonchev–Trinajstić information content (AvgIpc) is 2.70. The van der Waals surface area contributed by atoms with E-state index in [1.54, 1.807) is 12.1 Å². The fourth-order valence-electron chi connectivity index (χ4n) is 1.80. The molecule has 2 nitrogen and oxygen atoms in total. The van der Waals surface area contributed by atoms with Crippen LogP contribution >= 0.6 is 11.3 Å². The molecule has 4 heteroatoms. The predicted octanol–water partition coefficient (Wildman–Crippen LogP) is 3.54. The first-order valence-corrected chi connectivity index (χ1v) is 6.90. The number of aryl methyl sites for hydroxylation is 1. The van der Waals surface area contributed by atoms with Gasteiger partial charge in [-0.1, -0.05) is 25.1 Å². The van der Waals surface area contributed by atoms with Crippen LogP contribution < -0.4 is 5.73 Å². The Morgan fingerprint density at radius 1 is 1.39 bits per heavy atom. The molecule has 18 heavy (non-hydrogen) atoms. The third-order valence-corrected chi connectivity index (χ3v) is 4.13. The number of thiazole rings is 1. The molecule has 0 aliphatic heterocycles. The molecule has 0 radical (unpaired) electrons. The summed E-state index contributed by atoms with van der Waals surface area (Å²) in [6.07, 6.45) is 1.68. The molecule has 0 spiro atoms. The van der Waals surface area contributed by atoms with E-state index in [-0.39, 0.29) is 11.9 Å². The van der Waals surface area contributed by atoms with E-state index in [9.17, 15) is 4.39 Å². The van der Waals surface area contributed by atoms with Crippen LogP contribution in [-0.2, 0) is 6.42 Å². The minimum Gasteiger partial charge on any atom is -0.327 e. The Morgan fingerprint density at radius 2 is 2.11 bits per heavy atom. The van der Waals surface area contributed by atoms with Gasteiger partial charge in [-0.3, -0.25) is 0 Å². The lowest BCUT2D eigenvalue weighted by atomic mass is 10.1. The van der Waals surface area contributed by atoms with Crippen LogP contribution in [0.15, 0.2) is 24.3 Å². The van der Waals surface area contributed by atoms with Crippen molar-refractivity contribution in [3.8, 4) is 10.4 Å². The molecule has 0 aliphatic carbocycles. The summed E-state index contributed by atoms with van der Waals surface area (Å²) in [6, 6.07) is 6.94. The lowest BCUT2D eigenvalue weighted by molar-refractivity contribution is 0.631. The maximum Gasteiger partial charge on any atom is 0.131 e. The van der Waals surface area contributed by atoms with Crippen molar-refractivity contribution in [2.45, 2.75) is 32.7 Å². The van der Waals surface area contributed by atoms with Crippen LogP contribution in [0.1, 0.15) is 24.0 Å². The molecule has 0 fully saturated rings. The lowest BCUT2D eigenvalue weighted by Crippen LogP contribution is -2.21. The molecule has 0 saturated heterocycles. The first-order valence-electron chi connectivity index (χ1n) is 6.08. The molecule has 2 aromatic rings. The normalized spacial score (nSPS) is 12.7. The number of nitrogens with zero attached hydrogens (tertiary/aromatic N) is 1. The topological polar surface area (TPSA) is 38.9 Å². The van der Waals surface area contributed by atoms with E-state index in [1.807, 2.05) is 13.0 Å². The van der Waals surface area contributed by atoms with E-state index in [0.717, 1.165) is 28.4 Å². The summed E-state index contributed by atoms with van der Waals surface area (Å²) in [5.74, 6) is -0.199. The first kappa shape index (κ1) is 13.2. The van der Waals surface area contributed by atoms with Gasteiger partial charge in [0.1, 0.15) is 5.82 Å². The summed E-state index contributed by atoms with van der Waals surface area (Å²) in [5.41, 5.74) is 7.43. The Balaban J connectivity index is 2.33. The zero-order valence-electron chi connectivity index (χ0n) is 10.6. The second kappa shape index (κ2) is 5.59. The Morgan fingerprint density at radius 3 is 2.78 bits per heavy atom. The van der Waals surface area contributed by atoms with Gasteiger partial charge in [-0.05, 0) is 19.4 Å². The molecule has 0 bridgehead atoms. The minimum atomic E-state index is -0.199. The van der Waals surface area contributed by atoms with Crippen LogP contribution in [0.25, 0.3) is 10.4 Å². The molecule has 96 valence electrons. The molecule has 1 atom stereocenters. The summed E-state index contributed by atoms with van der Waals surface area (Å²) in [5, 5.41) is 0.986. The number of hydrogen-bond donors (Lipinski definition) is 1. The molecular weight excluding hydrogens is 247 g/mol. The standard InChI is InChI=1S/C14H17FN2S/c1-3-10(16)8-13-17-9(2)14(18-13)11-6-4-5-7-12(11)15/h4-7,10H,3,8,16H2,1-2H3. The van der Waals surface area contributed by atoms with Gasteiger partial charge in [-0.25, -0.2) is 9.37 Å². The maximum absolute atomic E-state index is 13.7. The van der Waals surface area contributed by atoms with Crippen molar-refractivity contribution in [2.24, 2.45) is 5.73 Å². The molecule has 2 N–H and O–H groups in total. The van der Waals surface area contributed by atoms with Crippen LogP contribution in [0.2, 0.25) is 0 Å². The van der Waals surface area contributed by atoms with Crippen LogP contribution in [0.5, 0.6) is 0 Å². The Labute approximate surface area is 111 Å². The second-order valence-corrected chi connectivity index (χ2v) is 5.46. The Hall–Kier alpha value is -1.26. The molecule has 0 saturated carbocycles. The van der Waals surface area contributed by atoms with Crippen molar-refractivity contribution >= 4 is 11.3 Å². The highest BCUT2D eigenvalue weighted by molar-refractivity contribution is 7.15. The van der Waals surface area contributed by atoms with Gasteiger partial charge in [0.05, 0.1) is 15.6 Å². The molecule has 0 amide bonds. The molecule has 1 heterocycles. The summed E-state index contributed by atoms with van der Waals surface area (Å²) in [4.78, 5) is 5.40. The number of benzene rings is 1. The van der Waals surface area contributed by atoms with Gasteiger partial charge in [-0.15, -0.1) is 11.3 Å². The van der Waals surface area contributed by atoms with Crippen LogP contribution in [0.4, 0.5) is 4.39 Å². The third kappa shape index (κ3) is 2.76. The van der Waals surface area contributed by atoms with E-state index in [1.165, 1.54) is 17.4 Å². The minimum absolute atomic E-state index is 0.129. The summed E-state index contributed by atoms with van der Waals surface area (Å²) in [6.45, 7) is 3.97. The van der Waals surface area contributed by atoms with Crippen LogP contribution in [-0.4, -0.2) is 11.0 Å². The van der Waals surface area contributed by atoms with E-state index >= 15 is 0 Å². The van der Waals surface area contributed by atoms with Crippen molar-refractivity contribution in [2.75, 3.05) is 0 Å². The largest absolute Gasteiger partial charge is 0.327 e. The van der Waals surface area contributed by atoms with Gasteiger partial charge in [0.15, 0.2) is 0 Å². The number of halogens is 1. The van der Waals surface area contributed by atoms with Crippen molar-refractivity contribution in [1.29, 1.82) is 0 Å². The number of hydrogen-bond acceptors (Lipinski definition) is 3. The highest BCUT2D eigenvalue weighted by Crippen LogP contribution is 2.32. The van der Waals surface area contributed by atoms with Gasteiger partial charge in [-0.2, -0.15) is 0 Å². The highest BCUT2D eigenvalue weighted by atomic mass is 32.1. The Kier molecular flexibility index (Phi) is 4.09. The van der Waals surface area contributed by atoms with Gasteiger partial charge >= 0.3 is 0 Å². The Bertz CT molecular complexity index is 536. The molecule has 1 aromatic carbocycles. The van der Waals surface area contributed by atoms with E-state index < -0.39 is 0 Å². The smallest absolute Gasteiger partial charge is 0.131 e. The fraction of sp³-hybridized carbons (Fsp3) is 0.357. The number of nitrogens with two attached hydrogens (primary N) is 1. The zero-order chi connectivity index (χ0) is 13.1. The van der Waals surface area contributed by atoms with Gasteiger partial charge in [0.25, 0.3) is 0 Å². The van der Waals surface area contributed by atoms with E-state index in [4.69, 9.17) is 5.73 Å². The van der Waals surface area contributed by atoms with Crippen LogP contribution in [0.3, 0.4) is 0 Å². The molecule has 1 aromatic heterocycles. The monoisotopic (exact) mass is 264 g/mol. The summed E-state index contributed by atoms with van der Waals surface area (Å²) < 4.78 is 13.7. The average molecular weight is 264 g/mol. The fourth-order valence-corrected chi connectivity index (χ4v) is 2.99. The number of aromatic nitrogens is 1. The van der Waals surface area contributed by atoms with Crippen molar-refractivity contribution in [3.05, 3.63) is 40.8 Å².